The molecule has 1 N–H and O–H groups in total. The molecule has 3 rings (SSSR count). The number of benzene rings is 2. The third-order valence-electron chi connectivity index (χ3n) is 4.35. The van der Waals surface area contributed by atoms with Gasteiger partial charge in [0.1, 0.15) is 11.5 Å². The highest BCUT2D eigenvalue weighted by Gasteiger charge is 2.31. The summed E-state index contributed by atoms with van der Waals surface area (Å²) < 4.78 is 10.8. The molecule has 2 amide bonds. The summed E-state index contributed by atoms with van der Waals surface area (Å²) in [6.45, 7) is 5.47. The highest BCUT2D eigenvalue weighted by Crippen LogP contribution is 2.24. The number of anilines is 1. The first kappa shape index (κ1) is 18.8. The van der Waals surface area contributed by atoms with Crippen LogP contribution in [0.5, 0.6) is 11.5 Å². The SMILES string of the molecule is CCOc1ccc(C(=O)N[C@H]2CC(=O)N(c3ccc(OCC)cc3)C2)cc1. The van der Waals surface area contributed by atoms with Crippen LogP contribution in [-0.4, -0.2) is 37.6 Å². The number of carbonyl (C=O) groups is 2. The van der Waals surface area contributed by atoms with Crippen molar-refractivity contribution in [1.82, 2.24) is 5.32 Å². The van der Waals surface area contributed by atoms with Gasteiger partial charge in [0.25, 0.3) is 5.91 Å². The Balaban J connectivity index is 1.60. The van der Waals surface area contributed by atoms with Gasteiger partial charge in [0.2, 0.25) is 5.91 Å². The van der Waals surface area contributed by atoms with E-state index in [0.717, 1.165) is 17.2 Å². The van der Waals surface area contributed by atoms with Crippen LogP contribution in [0.1, 0.15) is 30.6 Å². The Morgan fingerprint density at radius 3 is 2.11 bits per heavy atom. The smallest absolute Gasteiger partial charge is 0.251 e. The van der Waals surface area contributed by atoms with Crippen LogP contribution in [0.25, 0.3) is 0 Å². The van der Waals surface area contributed by atoms with E-state index in [9.17, 15) is 9.59 Å². The molecule has 0 radical (unpaired) electrons. The lowest BCUT2D eigenvalue weighted by Crippen LogP contribution is -2.37. The standard InChI is InChI=1S/C21H24N2O4/c1-3-26-18-9-5-15(6-10-18)21(25)22-16-13-20(24)23(14-16)17-7-11-19(12-8-17)27-4-2/h5-12,16H,3-4,13-14H2,1-2H3,(H,22,25)/t16-/m0/s1. The molecule has 142 valence electrons. The van der Waals surface area contributed by atoms with E-state index in [0.29, 0.717) is 25.3 Å². The Kier molecular flexibility index (Phi) is 5.96. The molecule has 1 aliphatic rings. The highest BCUT2D eigenvalue weighted by molar-refractivity contribution is 5.99. The third kappa shape index (κ3) is 4.58. The summed E-state index contributed by atoms with van der Waals surface area (Å²) in [7, 11) is 0. The van der Waals surface area contributed by atoms with Crippen LogP contribution in [0.3, 0.4) is 0 Å². The van der Waals surface area contributed by atoms with Crippen molar-refractivity contribution in [2.45, 2.75) is 26.3 Å². The molecule has 0 saturated carbocycles. The molecule has 0 aliphatic carbocycles. The van der Waals surface area contributed by atoms with E-state index in [1.807, 2.05) is 38.1 Å². The summed E-state index contributed by atoms with van der Waals surface area (Å²) in [6.07, 6.45) is 0.288. The highest BCUT2D eigenvalue weighted by atomic mass is 16.5. The van der Waals surface area contributed by atoms with Gasteiger partial charge in [0.05, 0.1) is 19.3 Å². The normalized spacial score (nSPS) is 16.3. The minimum Gasteiger partial charge on any atom is -0.494 e. The van der Waals surface area contributed by atoms with Crippen molar-refractivity contribution in [3.63, 3.8) is 0 Å². The maximum absolute atomic E-state index is 12.4. The summed E-state index contributed by atoms with van der Waals surface area (Å²) in [5, 5.41) is 2.94. The lowest BCUT2D eigenvalue weighted by atomic mass is 10.2. The zero-order valence-electron chi connectivity index (χ0n) is 15.6. The second-order valence-electron chi connectivity index (χ2n) is 6.26. The van der Waals surface area contributed by atoms with E-state index in [-0.39, 0.29) is 24.3 Å². The fourth-order valence-corrected chi connectivity index (χ4v) is 3.08. The van der Waals surface area contributed by atoms with Gasteiger partial charge >= 0.3 is 0 Å². The summed E-state index contributed by atoms with van der Waals surface area (Å²) in [4.78, 5) is 26.5. The van der Waals surface area contributed by atoms with Gasteiger partial charge in [-0.25, -0.2) is 0 Å². The predicted octanol–water partition coefficient (Wildman–Crippen LogP) is 3.02. The average molecular weight is 368 g/mol. The lowest BCUT2D eigenvalue weighted by molar-refractivity contribution is -0.117. The van der Waals surface area contributed by atoms with E-state index in [1.165, 1.54) is 0 Å². The topological polar surface area (TPSA) is 67.9 Å². The van der Waals surface area contributed by atoms with Crippen molar-refractivity contribution >= 4 is 17.5 Å². The Morgan fingerprint density at radius 1 is 1.00 bits per heavy atom. The molecule has 1 saturated heterocycles. The minimum absolute atomic E-state index is 0.00356. The summed E-state index contributed by atoms with van der Waals surface area (Å²) in [5.74, 6) is 1.31. The number of rotatable bonds is 7. The number of amides is 2. The predicted molar refractivity (Wildman–Crippen MR) is 103 cm³/mol. The molecule has 2 aromatic carbocycles. The first-order valence-electron chi connectivity index (χ1n) is 9.17. The van der Waals surface area contributed by atoms with Crippen molar-refractivity contribution in [3.8, 4) is 11.5 Å². The number of nitrogens with zero attached hydrogens (tertiary/aromatic N) is 1. The molecular weight excluding hydrogens is 344 g/mol. The maximum Gasteiger partial charge on any atom is 0.251 e. The molecule has 2 aromatic rings. The Hall–Kier alpha value is -3.02. The molecule has 0 bridgehead atoms. The van der Waals surface area contributed by atoms with E-state index in [1.54, 1.807) is 29.2 Å². The van der Waals surface area contributed by atoms with Crippen LogP contribution < -0.4 is 19.7 Å². The summed E-state index contributed by atoms with van der Waals surface area (Å²) >= 11 is 0. The van der Waals surface area contributed by atoms with Crippen LogP contribution in [-0.2, 0) is 4.79 Å². The third-order valence-corrected chi connectivity index (χ3v) is 4.35. The van der Waals surface area contributed by atoms with Crippen LogP contribution in [0.4, 0.5) is 5.69 Å². The average Bonchev–Trinajstić information content (AvgIpc) is 3.03. The molecule has 1 aliphatic heterocycles. The molecule has 1 fully saturated rings. The van der Waals surface area contributed by atoms with E-state index in [4.69, 9.17) is 9.47 Å². The van der Waals surface area contributed by atoms with Crippen molar-refractivity contribution < 1.29 is 19.1 Å². The van der Waals surface area contributed by atoms with Gasteiger partial charge in [-0.2, -0.15) is 0 Å². The van der Waals surface area contributed by atoms with Crippen LogP contribution in [0, 0.1) is 0 Å². The summed E-state index contributed by atoms with van der Waals surface area (Å²) in [6, 6.07) is 14.2. The maximum atomic E-state index is 12.4. The fourth-order valence-electron chi connectivity index (χ4n) is 3.08. The first-order valence-corrected chi connectivity index (χ1v) is 9.17. The number of nitrogens with one attached hydrogen (secondary N) is 1. The Morgan fingerprint density at radius 2 is 1.56 bits per heavy atom. The van der Waals surface area contributed by atoms with Gasteiger partial charge in [-0.15, -0.1) is 0 Å². The van der Waals surface area contributed by atoms with Crippen molar-refractivity contribution in [1.29, 1.82) is 0 Å². The van der Waals surface area contributed by atoms with Gasteiger partial charge in [-0.3, -0.25) is 9.59 Å². The second kappa shape index (κ2) is 8.58. The zero-order valence-corrected chi connectivity index (χ0v) is 15.6. The molecule has 0 aromatic heterocycles. The lowest BCUT2D eigenvalue weighted by Gasteiger charge is -2.18. The van der Waals surface area contributed by atoms with Crippen LogP contribution in [0.15, 0.2) is 48.5 Å². The van der Waals surface area contributed by atoms with Crippen LogP contribution >= 0.6 is 0 Å². The van der Waals surface area contributed by atoms with Gasteiger partial charge in [-0.05, 0) is 62.4 Å². The fraction of sp³-hybridized carbons (Fsp3) is 0.333. The number of ether oxygens (including phenoxy) is 2. The van der Waals surface area contributed by atoms with Gasteiger partial charge in [0, 0.05) is 24.2 Å². The van der Waals surface area contributed by atoms with E-state index >= 15 is 0 Å². The van der Waals surface area contributed by atoms with Crippen molar-refractivity contribution in [2.24, 2.45) is 0 Å². The second-order valence-corrected chi connectivity index (χ2v) is 6.26. The zero-order chi connectivity index (χ0) is 19.2. The Bertz CT molecular complexity index is 787. The van der Waals surface area contributed by atoms with E-state index in [2.05, 4.69) is 5.32 Å². The Labute approximate surface area is 159 Å². The van der Waals surface area contributed by atoms with Crippen LogP contribution in [0.2, 0.25) is 0 Å². The largest absolute Gasteiger partial charge is 0.494 e. The molecule has 1 heterocycles. The molecular formula is C21H24N2O4. The van der Waals surface area contributed by atoms with Gasteiger partial charge < -0.3 is 19.7 Å². The van der Waals surface area contributed by atoms with E-state index < -0.39 is 0 Å². The number of hydrogen-bond acceptors (Lipinski definition) is 4. The quantitative estimate of drug-likeness (QED) is 0.816. The van der Waals surface area contributed by atoms with Crippen molar-refractivity contribution in [2.75, 3.05) is 24.7 Å². The molecule has 27 heavy (non-hydrogen) atoms. The molecule has 6 heteroatoms. The molecule has 0 unspecified atom stereocenters. The molecule has 1 atom stereocenters. The minimum atomic E-state index is -0.219. The first-order chi connectivity index (χ1) is 13.1. The van der Waals surface area contributed by atoms with Gasteiger partial charge in [-0.1, -0.05) is 0 Å². The molecule has 0 spiro atoms. The van der Waals surface area contributed by atoms with Gasteiger partial charge in [0.15, 0.2) is 0 Å². The number of carbonyl (C=O) groups excluding carboxylic acids is 2. The summed E-state index contributed by atoms with van der Waals surface area (Å²) in [5.41, 5.74) is 1.35. The number of hydrogen-bond donors (Lipinski definition) is 1. The molecule has 6 nitrogen and oxygen atoms in total. The van der Waals surface area contributed by atoms with Crippen molar-refractivity contribution in [3.05, 3.63) is 54.1 Å². The monoisotopic (exact) mass is 368 g/mol.